The molecule has 2 heterocycles. The summed E-state index contributed by atoms with van der Waals surface area (Å²) in [6.07, 6.45) is 5.34. The molecule has 0 saturated heterocycles. The summed E-state index contributed by atoms with van der Waals surface area (Å²) in [7, 11) is 0. The third-order valence-electron chi connectivity index (χ3n) is 3.65. The van der Waals surface area contributed by atoms with Gasteiger partial charge in [-0.3, -0.25) is 4.98 Å². The van der Waals surface area contributed by atoms with Crippen molar-refractivity contribution in [3.05, 3.63) is 72.7 Å². The van der Waals surface area contributed by atoms with Gasteiger partial charge >= 0.3 is 0 Å². The second-order valence-electron chi connectivity index (χ2n) is 5.23. The monoisotopic (exact) mass is 301 g/mol. The number of rotatable bonds is 4. The lowest BCUT2D eigenvalue weighted by molar-refractivity contribution is 1.11. The molecule has 0 aliphatic rings. The summed E-state index contributed by atoms with van der Waals surface area (Å²) in [6.45, 7) is 0.700. The number of para-hydroxylation sites is 2. The molecule has 0 radical (unpaired) electrons. The van der Waals surface area contributed by atoms with Gasteiger partial charge in [-0.2, -0.15) is 0 Å². The van der Waals surface area contributed by atoms with Crippen molar-refractivity contribution in [1.29, 1.82) is 0 Å². The standard InChI is InChI=1S/C18H15N5/c1-2-4-16-15(3-1)21-12-17(23-16)22-11-13-5-7-14(8-6-13)18-19-9-10-20-18/h1-10,12H,11H2,(H,19,20)(H,22,23). The smallest absolute Gasteiger partial charge is 0.145 e. The molecule has 0 amide bonds. The van der Waals surface area contributed by atoms with Crippen molar-refractivity contribution in [2.45, 2.75) is 6.54 Å². The fourth-order valence-corrected chi connectivity index (χ4v) is 2.44. The minimum absolute atomic E-state index is 0.700. The van der Waals surface area contributed by atoms with Crippen LogP contribution in [0.25, 0.3) is 22.4 Å². The van der Waals surface area contributed by atoms with Gasteiger partial charge in [-0.25, -0.2) is 9.97 Å². The second-order valence-corrected chi connectivity index (χ2v) is 5.23. The molecule has 0 saturated carbocycles. The van der Waals surface area contributed by atoms with Gasteiger partial charge in [-0.05, 0) is 17.7 Å². The number of anilines is 1. The van der Waals surface area contributed by atoms with Crippen LogP contribution in [0.15, 0.2) is 67.1 Å². The molecule has 0 fully saturated rings. The van der Waals surface area contributed by atoms with E-state index in [0.29, 0.717) is 6.54 Å². The lowest BCUT2D eigenvalue weighted by Gasteiger charge is -2.07. The molecule has 4 rings (SSSR count). The van der Waals surface area contributed by atoms with Crippen LogP contribution in [-0.2, 0) is 6.54 Å². The Kier molecular flexibility index (Phi) is 3.44. The maximum absolute atomic E-state index is 4.56. The Morgan fingerprint density at radius 3 is 2.52 bits per heavy atom. The lowest BCUT2D eigenvalue weighted by Crippen LogP contribution is -2.02. The number of H-pyrrole nitrogens is 1. The summed E-state index contributed by atoms with van der Waals surface area (Å²) in [5, 5.41) is 3.31. The SMILES string of the molecule is c1ccc2nc(NCc3ccc(-c4ncc[nH]4)cc3)cnc2c1. The highest BCUT2D eigenvalue weighted by molar-refractivity contribution is 5.75. The van der Waals surface area contributed by atoms with Crippen molar-refractivity contribution >= 4 is 16.9 Å². The molecule has 112 valence electrons. The van der Waals surface area contributed by atoms with Gasteiger partial charge in [0.1, 0.15) is 11.6 Å². The fraction of sp³-hybridized carbons (Fsp3) is 0.0556. The normalized spacial score (nSPS) is 10.8. The van der Waals surface area contributed by atoms with Crippen molar-refractivity contribution in [3.63, 3.8) is 0 Å². The van der Waals surface area contributed by atoms with E-state index in [-0.39, 0.29) is 0 Å². The molecule has 5 nitrogen and oxygen atoms in total. The van der Waals surface area contributed by atoms with Crippen LogP contribution in [0.2, 0.25) is 0 Å². The molecule has 0 spiro atoms. The molecule has 2 aromatic heterocycles. The third kappa shape index (κ3) is 2.89. The average molecular weight is 301 g/mol. The van der Waals surface area contributed by atoms with Crippen LogP contribution in [0.3, 0.4) is 0 Å². The Balaban J connectivity index is 1.47. The number of aromatic amines is 1. The van der Waals surface area contributed by atoms with Gasteiger partial charge in [0, 0.05) is 24.5 Å². The number of hydrogen-bond donors (Lipinski definition) is 2. The van der Waals surface area contributed by atoms with Gasteiger partial charge in [-0.1, -0.05) is 36.4 Å². The highest BCUT2D eigenvalue weighted by atomic mass is 15.0. The van der Waals surface area contributed by atoms with Crippen molar-refractivity contribution < 1.29 is 0 Å². The van der Waals surface area contributed by atoms with E-state index in [2.05, 4.69) is 49.5 Å². The molecule has 23 heavy (non-hydrogen) atoms. The van der Waals surface area contributed by atoms with E-state index < -0.39 is 0 Å². The first-order chi connectivity index (χ1) is 11.4. The quantitative estimate of drug-likeness (QED) is 0.604. The lowest BCUT2D eigenvalue weighted by atomic mass is 10.1. The van der Waals surface area contributed by atoms with Crippen LogP contribution in [-0.4, -0.2) is 19.9 Å². The minimum atomic E-state index is 0.700. The van der Waals surface area contributed by atoms with Crippen LogP contribution in [0.4, 0.5) is 5.82 Å². The topological polar surface area (TPSA) is 66.5 Å². The largest absolute Gasteiger partial charge is 0.365 e. The zero-order chi connectivity index (χ0) is 15.5. The van der Waals surface area contributed by atoms with Crippen molar-refractivity contribution in [2.24, 2.45) is 0 Å². The van der Waals surface area contributed by atoms with Gasteiger partial charge in [-0.15, -0.1) is 0 Å². The predicted molar refractivity (Wildman–Crippen MR) is 90.9 cm³/mol. The highest BCUT2D eigenvalue weighted by Gasteiger charge is 2.01. The summed E-state index contributed by atoms with van der Waals surface area (Å²) >= 11 is 0. The molecule has 0 atom stereocenters. The van der Waals surface area contributed by atoms with Crippen molar-refractivity contribution in [2.75, 3.05) is 5.32 Å². The van der Waals surface area contributed by atoms with E-state index in [1.165, 1.54) is 5.56 Å². The Morgan fingerprint density at radius 2 is 1.74 bits per heavy atom. The first-order valence-electron chi connectivity index (χ1n) is 7.43. The number of aromatic nitrogens is 4. The number of fused-ring (bicyclic) bond motifs is 1. The van der Waals surface area contributed by atoms with Gasteiger partial charge in [0.05, 0.1) is 17.2 Å². The van der Waals surface area contributed by atoms with Gasteiger partial charge in [0.25, 0.3) is 0 Å². The van der Waals surface area contributed by atoms with E-state index in [0.717, 1.165) is 28.2 Å². The molecule has 0 bridgehead atoms. The summed E-state index contributed by atoms with van der Waals surface area (Å²) in [5.41, 5.74) is 4.05. The molecule has 2 aromatic carbocycles. The summed E-state index contributed by atoms with van der Waals surface area (Å²) in [6, 6.07) is 16.1. The zero-order valence-electron chi connectivity index (χ0n) is 12.4. The average Bonchev–Trinajstić information content (AvgIpc) is 3.15. The Labute approximate surface area is 133 Å². The van der Waals surface area contributed by atoms with Gasteiger partial charge in [0.15, 0.2) is 0 Å². The first kappa shape index (κ1) is 13.5. The number of imidazole rings is 1. The van der Waals surface area contributed by atoms with E-state index in [1.54, 1.807) is 12.4 Å². The molecule has 0 aliphatic carbocycles. The maximum Gasteiger partial charge on any atom is 0.145 e. The Morgan fingerprint density at radius 1 is 0.913 bits per heavy atom. The number of benzene rings is 2. The number of hydrogen-bond acceptors (Lipinski definition) is 4. The first-order valence-corrected chi connectivity index (χ1v) is 7.43. The number of nitrogens with zero attached hydrogens (tertiary/aromatic N) is 3. The Bertz CT molecular complexity index is 914. The molecule has 4 aromatic rings. The summed E-state index contributed by atoms with van der Waals surface area (Å²) in [5.74, 6) is 1.66. The van der Waals surface area contributed by atoms with E-state index in [9.17, 15) is 0 Å². The molecule has 0 aliphatic heterocycles. The predicted octanol–water partition coefficient (Wildman–Crippen LogP) is 3.63. The summed E-state index contributed by atoms with van der Waals surface area (Å²) in [4.78, 5) is 16.3. The minimum Gasteiger partial charge on any atom is -0.365 e. The third-order valence-corrected chi connectivity index (χ3v) is 3.65. The van der Waals surface area contributed by atoms with E-state index in [1.807, 2.05) is 30.5 Å². The molecular formula is C18H15N5. The van der Waals surface area contributed by atoms with Crippen LogP contribution in [0, 0.1) is 0 Å². The van der Waals surface area contributed by atoms with E-state index in [4.69, 9.17) is 0 Å². The molecule has 0 unspecified atom stereocenters. The van der Waals surface area contributed by atoms with Crippen LogP contribution in [0.5, 0.6) is 0 Å². The van der Waals surface area contributed by atoms with Gasteiger partial charge in [0.2, 0.25) is 0 Å². The Hall–Kier alpha value is -3.21. The summed E-state index contributed by atoms with van der Waals surface area (Å²) < 4.78 is 0. The van der Waals surface area contributed by atoms with Crippen LogP contribution in [0.1, 0.15) is 5.56 Å². The number of nitrogens with one attached hydrogen (secondary N) is 2. The molecular weight excluding hydrogens is 286 g/mol. The van der Waals surface area contributed by atoms with Crippen LogP contribution < -0.4 is 5.32 Å². The highest BCUT2D eigenvalue weighted by Crippen LogP contribution is 2.16. The van der Waals surface area contributed by atoms with Crippen molar-refractivity contribution in [3.8, 4) is 11.4 Å². The van der Waals surface area contributed by atoms with Crippen molar-refractivity contribution in [1.82, 2.24) is 19.9 Å². The second kappa shape index (κ2) is 5.88. The molecule has 2 N–H and O–H groups in total. The van der Waals surface area contributed by atoms with E-state index >= 15 is 0 Å². The fourth-order valence-electron chi connectivity index (χ4n) is 2.44. The van der Waals surface area contributed by atoms with Gasteiger partial charge < -0.3 is 10.3 Å². The molecule has 5 heteroatoms. The maximum atomic E-state index is 4.56. The zero-order valence-corrected chi connectivity index (χ0v) is 12.4. The van der Waals surface area contributed by atoms with Crippen LogP contribution >= 0.6 is 0 Å².